The summed E-state index contributed by atoms with van der Waals surface area (Å²) in [6, 6.07) is 6.29. The molecule has 0 spiro atoms. The Labute approximate surface area is 112 Å². The number of hydrogen-bond acceptors (Lipinski definition) is 4. The number of primary sulfonamides is 1. The molecule has 1 aromatic carbocycles. The minimum Gasteiger partial charge on any atom is -0.349 e. The van der Waals surface area contributed by atoms with Gasteiger partial charge in [0.05, 0.1) is 16.2 Å². The summed E-state index contributed by atoms with van der Waals surface area (Å²) in [5, 5.41) is 8.86. The standard InChI is InChI=1S/C10H9IN2O3S/c1-6-9(10(11)16-13-6)7-2-4-8(5-3-7)17(12,14)15/h2-5H,1H3,(H2,12,14,15). The maximum Gasteiger partial charge on any atom is 0.238 e. The molecule has 0 saturated heterocycles. The third-order valence-electron chi connectivity index (χ3n) is 2.29. The van der Waals surface area contributed by atoms with Crippen LogP contribution in [0.4, 0.5) is 0 Å². The van der Waals surface area contributed by atoms with Gasteiger partial charge in [0.1, 0.15) is 0 Å². The van der Waals surface area contributed by atoms with Gasteiger partial charge in [-0.15, -0.1) is 0 Å². The molecule has 0 unspecified atom stereocenters. The zero-order valence-electron chi connectivity index (χ0n) is 8.84. The first-order chi connectivity index (χ1) is 7.89. The molecule has 0 aliphatic carbocycles. The first-order valence-electron chi connectivity index (χ1n) is 4.64. The Morgan fingerprint density at radius 3 is 2.29 bits per heavy atom. The summed E-state index contributed by atoms with van der Waals surface area (Å²) in [5.41, 5.74) is 2.48. The van der Waals surface area contributed by atoms with Gasteiger partial charge in [0.15, 0.2) is 0 Å². The molecule has 0 bridgehead atoms. The number of nitrogens with two attached hydrogens (primary N) is 1. The van der Waals surface area contributed by atoms with Gasteiger partial charge in [0, 0.05) is 22.6 Å². The first-order valence-corrected chi connectivity index (χ1v) is 7.27. The van der Waals surface area contributed by atoms with Gasteiger partial charge in [-0.2, -0.15) is 0 Å². The second-order valence-corrected chi connectivity index (χ2v) is 6.03. The number of aromatic nitrogens is 1. The van der Waals surface area contributed by atoms with Crippen molar-refractivity contribution in [2.75, 3.05) is 0 Å². The van der Waals surface area contributed by atoms with Crippen LogP contribution < -0.4 is 5.14 Å². The van der Waals surface area contributed by atoms with Crippen LogP contribution in [0.15, 0.2) is 33.7 Å². The largest absolute Gasteiger partial charge is 0.349 e. The second kappa shape index (κ2) is 4.39. The molecule has 17 heavy (non-hydrogen) atoms. The number of hydrogen-bond donors (Lipinski definition) is 1. The summed E-state index contributed by atoms with van der Waals surface area (Å²) in [6.45, 7) is 1.83. The van der Waals surface area contributed by atoms with Crippen LogP contribution in [0.25, 0.3) is 11.1 Å². The van der Waals surface area contributed by atoms with Crippen molar-refractivity contribution in [3.63, 3.8) is 0 Å². The fourth-order valence-electron chi connectivity index (χ4n) is 1.48. The quantitative estimate of drug-likeness (QED) is 0.825. The number of aryl methyl sites for hydroxylation is 1. The average Bonchev–Trinajstić information content (AvgIpc) is 2.58. The molecule has 2 rings (SSSR count). The molecule has 0 atom stereocenters. The Kier molecular flexibility index (Phi) is 3.23. The van der Waals surface area contributed by atoms with E-state index in [0.29, 0.717) is 3.77 Å². The van der Waals surface area contributed by atoms with Gasteiger partial charge in [0.2, 0.25) is 13.8 Å². The van der Waals surface area contributed by atoms with Gasteiger partial charge in [-0.3, -0.25) is 0 Å². The molecule has 0 fully saturated rings. The van der Waals surface area contributed by atoms with E-state index in [1.165, 1.54) is 12.1 Å². The number of halogens is 1. The van der Waals surface area contributed by atoms with Crippen LogP contribution in [0.5, 0.6) is 0 Å². The summed E-state index contributed by atoms with van der Waals surface area (Å²) in [6.07, 6.45) is 0. The van der Waals surface area contributed by atoms with Crippen LogP contribution >= 0.6 is 22.6 Å². The van der Waals surface area contributed by atoms with E-state index in [4.69, 9.17) is 9.66 Å². The summed E-state index contributed by atoms with van der Waals surface area (Å²) in [4.78, 5) is 0.0883. The summed E-state index contributed by atoms with van der Waals surface area (Å²) < 4.78 is 27.9. The molecule has 1 aromatic heterocycles. The molecule has 5 nitrogen and oxygen atoms in total. The maximum absolute atomic E-state index is 11.1. The van der Waals surface area contributed by atoms with Crippen LogP contribution in [0.2, 0.25) is 0 Å². The molecular formula is C10H9IN2O3S. The smallest absolute Gasteiger partial charge is 0.238 e. The molecule has 0 aliphatic rings. The molecule has 0 aliphatic heterocycles. The van der Waals surface area contributed by atoms with Crippen molar-refractivity contribution in [1.29, 1.82) is 0 Å². The van der Waals surface area contributed by atoms with Crippen molar-refractivity contribution in [2.45, 2.75) is 11.8 Å². The van der Waals surface area contributed by atoms with E-state index in [9.17, 15) is 8.42 Å². The number of rotatable bonds is 2. The third kappa shape index (κ3) is 2.50. The fourth-order valence-corrected chi connectivity index (χ4v) is 2.79. The molecule has 2 aromatic rings. The normalized spacial score (nSPS) is 11.7. The highest BCUT2D eigenvalue weighted by Gasteiger charge is 2.14. The van der Waals surface area contributed by atoms with E-state index < -0.39 is 10.0 Å². The highest BCUT2D eigenvalue weighted by atomic mass is 127. The van der Waals surface area contributed by atoms with Crippen LogP contribution in [0.1, 0.15) is 5.69 Å². The summed E-state index contributed by atoms with van der Waals surface area (Å²) in [7, 11) is -3.65. The monoisotopic (exact) mass is 364 g/mol. The van der Waals surface area contributed by atoms with E-state index in [-0.39, 0.29) is 4.90 Å². The highest BCUT2D eigenvalue weighted by molar-refractivity contribution is 14.1. The number of benzene rings is 1. The van der Waals surface area contributed by atoms with Crippen LogP contribution in [0.3, 0.4) is 0 Å². The lowest BCUT2D eigenvalue weighted by atomic mass is 10.1. The number of sulfonamides is 1. The van der Waals surface area contributed by atoms with Crippen molar-refractivity contribution < 1.29 is 12.9 Å². The zero-order chi connectivity index (χ0) is 12.6. The Hall–Kier alpha value is -0.930. The molecule has 0 saturated carbocycles. The van der Waals surface area contributed by atoms with Crippen LogP contribution in [0, 0.1) is 10.7 Å². The lowest BCUT2D eigenvalue weighted by Gasteiger charge is -2.01. The Morgan fingerprint density at radius 2 is 1.88 bits per heavy atom. The minimum absolute atomic E-state index is 0.0883. The van der Waals surface area contributed by atoms with Crippen molar-refractivity contribution in [2.24, 2.45) is 5.14 Å². The predicted octanol–water partition coefficient (Wildman–Crippen LogP) is 1.90. The highest BCUT2D eigenvalue weighted by Crippen LogP contribution is 2.28. The second-order valence-electron chi connectivity index (χ2n) is 3.49. The SMILES string of the molecule is Cc1noc(I)c1-c1ccc(S(N)(=O)=O)cc1. The van der Waals surface area contributed by atoms with E-state index in [1.807, 2.05) is 29.5 Å². The van der Waals surface area contributed by atoms with E-state index in [1.54, 1.807) is 12.1 Å². The Balaban J connectivity index is 2.50. The minimum atomic E-state index is -3.65. The lowest BCUT2D eigenvalue weighted by molar-refractivity contribution is 0.394. The predicted molar refractivity (Wildman–Crippen MR) is 70.8 cm³/mol. The van der Waals surface area contributed by atoms with E-state index in [2.05, 4.69) is 5.16 Å². The van der Waals surface area contributed by atoms with Crippen molar-refractivity contribution in [3.05, 3.63) is 33.7 Å². The van der Waals surface area contributed by atoms with Gasteiger partial charge < -0.3 is 4.52 Å². The van der Waals surface area contributed by atoms with Gasteiger partial charge in [-0.25, -0.2) is 13.6 Å². The number of nitrogens with zero attached hydrogens (tertiary/aromatic N) is 1. The van der Waals surface area contributed by atoms with Crippen LogP contribution in [-0.2, 0) is 10.0 Å². The average molecular weight is 364 g/mol. The molecule has 0 amide bonds. The molecule has 7 heteroatoms. The van der Waals surface area contributed by atoms with Crippen molar-refractivity contribution in [3.8, 4) is 11.1 Å². The van der Waals surface area contributed by atoms with Gasteiger partial charge in [-0.1, -0.05) is 17.3 Å². The lowest BCUT2D eigenvalue weighted by Crippen LogP contribution is -2.11. The van der Waals surface area contributed by atoms with E-state index >= 15 is 0 Å². The molecule has 1 heterocycles. The molecule has 2 N–H and O–H groups in total. The topological polar surface area (TPSA) is 86.2 Å². The van der Waals surface area contributed by atoms with Gasteiger partial charge in [0.25, 0.3) is 0 Å². The van der Waals surface area contributed by atoms with Gasteiger partial charge >= 0.3 is 0 Å². The Morgan fingerprint density at radius 1 is 1.29 bits per heavy atom. The van der Waals surface area contributed by atoms with E-state index in [0.717, 1.165) is 16.8 Å². The fraction of sp³-hybridized carbons (Fsp3) is 0.100. The zero-order valence-corrected chi connectivity index (χ0v) is 11.8. The molecule has 0 radical (unpaired) electrons. The first kappa shape index (κ1) is 12.5. The summed E-state index contributed by atoms with van der Waals surface area (Å²) >= 11 is 2.04. The van der Waals surface area contributed by atoms with Gasteiger partial charge in [-0.05, 0) is 24.6 Å². The third-order valence-corrected chi connectivity index (χ3v) is 3.96. The van der Waals surface area contributed by atoms with Crippen molar-refractivity contribution >= 4 is 32.6 Å². The molecular weight excluding hydrogens is 355 g/mol. The Bertz CT molecular complexity index is 627. The van der Waals surface area contributed by atoms with Crippen LogP contribution in [-0.4, -0.2) is 13.6 Å². The van der Waals surface area contributed by atoms with Crippen molar-refractivity contribution in [1.82, 2.24) is 5.16 Å². The maximum atomic E-state index is 11.1. The molecule has 90 valence electrons. The summed E-state index contributed by atoms with van der Waals surface area (Å²) in [5.74, 6) is 0.